The van der Waals surface area contributed by atoms with Gasteiger partial charge in [-0.25, -0.2) is 0 Å². The van der Waals surface area contributed by atoms with Crippen LogP contribution in [0.3, 0.4) is 0 Å². The van der Waals surface area contributed by atoms with Gasteiger partial charge in [0.2, 0.25) is 0 Å². The van der Waals surface area contributed by atoms with Gasteiger partial charge in [0.25, 0.3) is 0 Å². The van der Waals surface area contributed by atoms with E-state index in [0.717, 1.165) is 50.8 Å². The van der Waals surface area contributed by atoms with Gasteiger partial charge in [0.15, 0.2) is 0 Å². The summed E-state index contributed by atoms with van der Waals surface area (Å²) in [6.45, 7) is 6.11. The molecule has 132 valence electrons. The molecule has 2 aromatic rings. The van der Waals surface area contributed by atoms with Gasteiger partial charge in [0, 0.05) is 25.6 Å². The second-order valence-corrected chi connectivity index (χ2v) is 7.27. The Hall–Kier alpha value is -1.15. The fourth-order valence-corrected chi connectivity index (χ4v) is 4.48. The molecule has 1 saturated heterocycles. The van der Waals surface area contributed by atoms with Crippen LogP contribution in [0.2, 0.25) is 0 Å². The quantitative estimate of drug-likeness (QED) is 0.895. The molecule has 0 aliphatic carbocycles. The van der Waals surface area contributed by atoms with Crippen molar-refractivity contribution in [1.82, 2.24) is 25.0 Å². The van der Waals surface area contributed by atoms with E-state index in [-0.39, 0.29) is 12.4 Å². The van der Waals surface area contributed by atoms with Gasteiger partial charge in [-0.2, -0.15) is 0 Å². The maximum absolute atomic E-state index is 5.43. The van der Waals surface area contributed by atoms with Crippen LogP contribution in [-0.2, 0) is 19.6 Å². The minimum Gasteiger partial charge on any atom is -0.496 e. The third-order valence-electron chi connectivity index (χ3n) is 4.90. The van der Waals surface area contributed by atoms with Crippen molar-refractivity contribution in [3.05, 3.63) is 28.0 Å². The number of thiophene rings is 1. The highest BCUT2D eigenvalue weighted by atomic mass is 35.5. The van der Waals surface area contributed by atoms with Crippen molar-refractivity contribution in [2.24, 2.45) is 0 Å². The van der Waals surface area contributed by atoms with Crippen LogP contribution < -0.4 is 10.1 Å². The monoisotopic (exact) mass is 369 g/mol. The molecule has 0 aromatic carbocycles. The smallest absolute Gasteiger partial charge is 0.147 e. The number of halogens is 1. The van der Waals surface area contributed by atoms with E-state index in [4.69, 9.17) is 4.74 Å². The summed E-state index contributed by atoms with van der Waals surface area (Å²) in [5, 5.41) is 14.3. The third kappa shape index (κ3) is 3.44. The van der Waals surface area contributed by atoms with Gasteiger partial charge >= 0.3 is 0 Å². The molecule has 0 unspecified atom stereocenters. The highest BCUT2D eigenvalue weighted by Crippen LogP contribution is 2.31. The van der Waals surface area contributed by atoms with Crippen molar-refractivity contribution in [3.8, 4) is 5.75 Å². The van der Waals surface area contributed by atoms with Crippen molar-refractivity contribution in [3.63, 3.8) is 0 Å². The lowest BCUT2D eigenvalue weighted by molar-refractivity contribution is 0.199. The number of fused-ring (bicyclic) bond motifs is 1. The normalized spacial score (nSPS) is 18.9. The lowest BCUT2D eigenvalue weighted by Gasteiger charge is -2.31. The minimum absolute atomic E-state index is 0. The van der Waals surface area contributed by atoms with E-state index < -0.39 is 0 Å². The molecule has 0 saturated carbocycles. The fraction of sp³-hybridized carbons (Fsp3) is 0.625. The average Bonchev–Trinajstić information content (AvgIpc) is 3.22. The number of rotatable bonds is 4. The summed E-state index contributed by atoms with van der Waals surface area (Å²) < 4.78 is 7.76. The summed E-state index contributed by atoms with van der Waals surface area (Å²) >= 11 is 1.78. The van der Waals surface area contributed by atoms with Crippen LogP contribution in [0.25, 0.3) is 0 Å². The molecule has 24 heavy (non-hydrogen) atoms. The molecule has 1 N–H and O–H groups in total. The Kier molecular flexibility index (Phi) is 5.76. The Morgan fingerprint density at radius 3 is 2.92 bits per heavy atom. The average molecular weight is 370 g/mol. The number of hydrogen-bond acceptors (Lipinski definition) is 6. The Bertz CT molecular complexity index is 665. The van der Waals surface area contributed by atoms with Gasteiger partial charge < -0.3 is 14.6 Å². The zero-order valence-electron chi connectivity index (χ0n) is 13.9. The molecule has 8 heteroatoms. The van der Waals surface area contributed by atoms with Crippen molar-refractivity contribution in [2.45, 2.75) is 38.4 Å². The Morgan fingerprint density at radius 2 is 2.12 bits per heavy atom. The first-order chi connectivity index (χ1) is 11.3. The topological polar surface area (TPSA) is 55.2 Å². The lowest BCUT2D eigenvalue weighted by atomic mass is 9.95. The number of piperidine rings is 1. The molecular weight excluding hydrogens is 346 g/mol. The number of methoxy groups -OCH3 is 1. The largest absolute Gasteiger partial charge is 0.496 e. The molecule has 0 amide bonds. The Balaban J connectivity index is 0.00000169. The van der Waals surface area contributed by atoms with Gasteiger partial charge in [-0.1, -0.05) is 0 Å². The number of ether oxygens (including phenoxy) is 1. The van der Waals surface area contributed by atoms with Crippen LogP contribution in [0.4, 0.5) is 0 Å². The van der Waals surface area contributed by atoms with Crippen LogP contribution in [0.1, 0.15) is 35.3 Å². The molecule has 0 radical (unpaired) electrons. The number of likely N-dealkylation sites (tertiary alicyclic amines) is 1. The standard InChI is InChI=1S/C16H23N5OS.ClH/c1-22-13-4-9-23-14(13)11-20-6-2-12(3-7-20)16-19-18-15-10-17-5-8-21(15)16;/h4,9,12,17H,2-3,5-8,10-11H2,1H3;1H. The molecule has 4 rings (SSSR count). The number of aromatic nitrogens is 3. The minimum atomic E-state index is 0. The van der Waals surface area contributed by atoms with Gasteiger partial charge in [0.05, 0.1) is 18.5 Å². The Labute approximate surface area is 152 Å². The maximum Gasteiger partial charge on any atom is 0.147 e. The van der Waals surface area contributed by atoms with Crippen molar-refractivity contribution in [2.75, 3.05) is 26.7 Å². The van der Waals surface area contributed by atoms with E-state index >= 15 is 0 Å². The van der Waals surface area contributed by atoms with Crippen molar-refractivity contribution >= 4 is 23.7 Å². The van der Waals surface area contributed by atoms with Crippen molar-refractivity contribution < 1.29 is 4.74 Å². The zero-order chi connectivity index (χ0) is 15.6. The van der Waals surface area contributed by atoms with Gasteiger partial charge in [-0.05, 0) is 37.4 Å². The number of nitrogens with zero attached hydrogens (tertiary/aromatic N) is 4. The first-order valence-corrected chi connectivity index (χ1v) is 9.18. The van der Waals surface area contributed by atoms with E-state index in [2.05, 4.69) is 36.4 Å². The molecule has 6 nitrogen and oxygen atoms in total. The van der Waals surface area contributed by atoms with E-state index in [0.29, 0.717) is 5.92 Å². The highest BCUT2D eigenvalue weighted by molar-refractivity contribution is 7.10. The van der Waals surface area contributed by atoms with Gasteiger partial charge in [0.1, 0.15) is 17.4 Å². The second kappa shape index (κ2) is 7.82. The molecule has 0 bridgehead atoms. The van der Waals surface area contributed by atoms with Crippen LogP contribution in [0.5, 0.6) is 5.75 Å². The molecule has 2 aliphatic heterocycles. The maximum atomic E-state index is 5.43. The zero-order valence-corrected chi connectivity index (χ0v) is 15.5. The summed E-state index contributed by atoms with van der Waals surface area (Å²) in [4.78, 5) is 3.86. The summed E-state index contributed by atoms with van der Waals surface area (Å²) in [5.74, 6) is 3.87. The molecule has 2 aromatic heterocycles. The molecule has 4 heterocycles. The molecule has 1 fully saturated rings. The fourth-order valence-electron chi connectivity index (χ4n) is 3.60. The molecular formula is C16H24ClN5OS. The van der Waals surface area contributed by atoms with E-state index in [1.807, 2.05) is 0 Å². The van der Waals surface area contributed by atoms with Gasteiger partial charge in [-0.3, -0.25) is 4.90 Å². The van der Waals surface area contributed by atoms with Crippen molar-refractivity contribution in [1.29, 1.82) is 0 Å². The van der Waals surface area contributed by atoms with Crippen LogP contribution in [-0.4, -0.2) is 46.4 Å². The molecule has 2 aliphatic rings. The lowest BCUT2D eigenvalue weighted by Crippen LogP contribution is -2.34. The van der Waals surface area contributed by atoms with Gasteiger partial charge in [-0.15, -0.1) is 33.9 Å². The predicted molar refractivity (Wildman–Crippen MR) is 97.1 cm³/mol. The van der Waals surface area contributed by atoms with E-state index in [9.17, 15) is 0 Å². The summed E-state index contributed by atoms with van der Waals surface area (Å²) in [5.41, 5.74) is 0. The predicted octanol–water partition coefficient (Wildman–Crippen LogP) is 2.25. The highest BCUT2D eigenvalue weighted by Gasteiger charge is 2.27. The molecule has 0 spiro atoms. The Morgan fingerprint density at radius 1 is 1.29 bits per heavy atom. The first-order valence-electron chi connectivity index (χ1n) is 8.30. The second-order valence-electron chi connectivity index (χ2n) is 6.27. The van der Waals surface area contributed by atoms with Crippen LogP contribution >= 0.6 is 23.7 Å². The molecule has 0 atom stereocenters. The summed E-state index contributed by atoms with van der Waals surface area (Å²) in [6, 6.07) is 2.06. The number of hydrogen-bond donors (Lipinski definition) is 1. The first kappa shape index (κ1) is 17.7. The third-order valence-corrected chi connectivity index (χ3v) is 5.78. The summed E-state index contributed by atoms with van der Waals surface area (Å²) in [6.07, 6.45) is 2.33. The van der Waals surface area contributed by atoms with Crippen LogP contribution in [0.15, 0.2) is 11.4 Å². The summed E-state index contributed by atoms with van der Waals surface area (Å²) in [7, 11) is 1.75. The number of nitrogens with one attached hydrogen (secondary N) is 1. The SMILES string of the molecule is COc1ccsc1CN1CCC(c2nnc3n2CCNC3)CC1.Cl. The van der Waals surface area contributed by atoms with Crippen LogP contribution in [0, 0.1) is 0 Å². The van der Waals surface area contributed by atoms with E-state index in [1.54, 1.807) is 18.4 Å². The van der Waals surface area contributed by atoms with E-state index in [1.165, 1.54) is 23.5 Å².